The van der Waals surface area contributed by atoms with Gasteiger partial charge in [0.25, 0.3) is 0 Å². The maximum absolute atomic E-state index is 13.1. The molecule has 18 heavy (non-hydrogen) atoms. The van der Waals surface area contributed by atoms with Gasteiger partial charge in [-0.15, -0.1) is 0 Å². The van der Waals surface area contributed by atoms with Crippen LogP contribution in [0.4, 0.5) is 8.78 Å². The third kappa shape index (κ3) is 3.26. The van der Waals surface area contributed by atoms with Crippen LogP contribution in [0.3, 0.4) is 0 Å². The molecule has 0 aliphatic rings. The monoisotopic (exact) mass is 257 g/mol. The zero-order chi connectivity index (χ0) is 13.9. The number of rotatable bonds is 4. The Balaban J connectivity index is 2.85. The Kier molecular flexibility index (Phi) is 4.40. The highest BCUT2D eigenvalue weighted by Gasteiger charge is 2.31. The molecule has 1 unspecified atom stereocenters. The zero-order valence-electron chi connectivity index (χ0n) is 10.7. The third-order valence-corrected chi connectivity index (χ3v) is 2.84. The average molecular weight is 257 g/mol. The molecule has 1 rings (SSSR count). The van der Waals surface area contributed by atoms with E-state index in [0.29, 0.717) is 5.56 Å². The molecule has 100 valence electrons. The van der Waals surface area contributed by atoms with Gasteiger partial charge < -0.3 is 10.5 Å². The summed E-state index contributed by atoms with van der Waals surface area (Å²) < 4.78 is 30.5. The van der Waals surface area contributed by atoms with Crippen LogP contribution < -0.4 is 5.73 Å². The van der Waals surface area contributed by atoms with Gasteiger partial charge in [0.1, 0.15) is 0 Å². The maximum atomic E-state index is 13.1. The molecule has 0 heterocycles. The van der Waals surface area contributed by atoms with Crippen molar-refractivity contribution in [3.8, 4) is 0 Å². The molecule has 1 aromatic carbocycles. The molecule has 0 aromatic heterocycles. The maximum Gasteiger partial charge on any atom is 0.311 e. The Labute approximate surface area is 105 Å². The number of halogens is 2. The molecule has 0 saturated carbocycles. The van der Waals surface area contributed by atoms with Crippen molar-refractivity contribution in [3.05, 3.63) is 35.4 Å². The van der Waals surface area contributed by atoms with E-state index in [-0.39, 0.29) is 12.4 Å². The van der Waals surface area contributed by atoms with Crippen molar-refractivity contribution in [2.24, 2.45) is 11.1 Å². The third-order valence-electron chi connectivity index (χ3n) is 2.84. The van der Waals surface area contributed by atoms with Gasteiger partial charge in [0.2, 0.25) is 0 Å². The average Bonchev–Trinajstić information content (AvgIpc) is 2.30. The van der Waals surface area contributed by atoms with Crippen molar-refractivity contribution in [3.63, 3.8) is 0 Å². The van der Waals surface area contributed by atoms with Crippen molar-refractivity contribution in [2.45, 2.75) is 26.3 Å². The fourth-order valence-corrected chi connectivity index (χ4v) is 1.77. The van der Waals surface area contributed by atoms with Crippen LogP contribution in [0.5, 0.6) is 0 Å². The second kappa shape index (κ2) is 5.44. The van der Waals surface area contributed by atoms with Gasteiger partial charge in [-0.25, -0.2) is 8.78 Å². The molecule has 0 amide bonds. The summed E-state index contributed by atoms with van der Waals surface area (Å²) in [5, 5.41) is 0. The summed E-state index contributed by atoms with van der Waals surface area (Å²) in [7, 11) is 1.30. The van der Waals surface area contributed by atoms with Crippen molar-refractivity contribution in [1.82, 2.24) is 0 Å². The summed E-state index contributed by atoms with van der Waals surface area (Å²) in [5.41, 5.74) is 5.57. The van der Waals surface area contributed by atoms with E-state index >= 15 is 0 Å². The highest BCUT2D eigenvalue weighted by molar-refractivity contribution is 5.75. The van der Waals surface area contributed by atoms with E-state index in [0.717, 1.165) is 12.1 Å². The number of ether oxygens (including phenoxy) is 1. The Morgan fingerprint density at radius 1 is 1.39 bits per heavy atom. The molecule has 3 nitrogen and oxygen atoms in total. The Morgan fingerprint density at radius 3 is 2.50 bits per heavy atom. The standard InChI is InChI=1S/C13H17F2NO2/c1-13(2,12(17)18-3)7-11(16)8-4-5-9(14)10(15)6-8/h4-6,11H,7,16H2,1-3H3. The Bertz CT molecular complexity index is 447. The lowest BCUT2D eigenvalue weighted by molar-refractivity contribution is -0.151. The molecule has 0 bridgehead atoms. The minimum absolute atomic E-state index is 0.282. The highest BCUT2D eigenvalue weighted by atomic mass is 19.2. The quantitative estimate of drug-likeness (QED) is 0.843. The fourth-order valence-electron chi connectivity index (χ4n) is 1.77. The molecular formula is C13H17F2NO2. The topological polar surface area (TPSA) is 52.3 Å². The van der Waals surface area contributed by atoms with Crippen LogP contribution in [-0.4, -0.2) is 13.1 Å². The van der Waals surface area contributed by atoms with Gasteiger partial charge in [-0.2, -0.15) is 0 Å². The normalized spacial score (nSPS) is 13.2. The van der Waals surface area contributed by atoms with Gasteiger partial charge >= 0.3 is 5.97 Å². The van der Waals surface area contributed by atoms with Crippen LogP contribution in [0, 0.1) is 17.0 Å². The minimum Gasteiger partial charge on any atom is -0.469 e. The lowest BCUT2D eigenvalue weighted by Crippen LogP contribution is -2.30. The van der Waals surface area contributed by atoms with Gasteiger partial charge in [0, 0.05) is 6.04 Å². The molecule has 0 aliphatic carbocycles. The number of carbonyl (C=O) groups is 1. The van der Waals surface area contributed by atoms with Crippen LogP contribution in [0.2, 0.25) is 0 Å². The lowest BCUT2D eigenvalue weighted by Gasteiger charge is -2.25. The summed E-state index contributed by atoms with van der Waals surface area (Å²) in [5.74, 6) is -2.25. The first-order valence-electron chi connectivity index (χ1n) is 5.57. The van der Waals surface area contributed by atoms with Gasteiger partial charge in [-0.05, 0) is 38.0 Å². The molecule has 2 N–H and O–H groups in total. The Hall–Kier alpha value is -1.49. The number of hydrogen-bond donors (Lipinski definition) is 1. The minimum atomic E-state index is -0.946. The molecule has 0 fully saturated rings. The molecule has 0 saturated heterocycles. The van der Waals surface area contributed by atoms with Crippen LogP contribution in [0.1, 0.15) is 31.9 Å². The number of nitrogens with two attached hydrogens (primary N) is 1. The van der Waals surface area contributed by atoms with E-state index < -0.39 is 23.1 Å². The summed E-state index contributed by atoms with van der Waals surface area (Å²) in [6.07, 6.45) is 0.282. The predicted octanol–water partition coefficient (Wildman–Crippen LogP) is 2.55. The van der Waals surface area contributed by atoms with Gasteiger partial charge in [-0.3, -0.25) is 4.79 Å². The van der Waals surface area contributed by atoms with Gasteiger partial charge in [0.05, 0.1) is 12.5 Å². The number of benzene rings is 1. The van der Waals surface area contributed by atoms with E-state index in [9.17, 15) is 13.6 Å². The zero-order valence-corrected chi connectivity index (χ0v) is 10.7. The summed E-state index contributed by atoms with van der Waals surface area (Å²) in [6.45, 7) is 3.39. The SMILES string of the molecule is COC(=O)C(C)(C)CC(N)c1ccc(F)c(F)c1. The van der Waals surface area contributed by atoms with Gasteiger partial charge in [-0.1, -0.05) is 6.07 Å². The van der Waals surface area contributed by atoms with Crippen molar-refractivity contribution >= 4 is 5.97 Å². The van der Waals surface area contributed by atoms with E-state index in [2.05, 4.69) is 4.74 Å². The number of esters is 1. The largest absolute Gasteiger partial charge is 0.469 e. The van der Waals surface area contributed by atoms with Crippen LogP contribution in [0.15, 0.2) is 18.2 Å². The molecule has 1 aromatic rings. The fraction of sp³-hybridized carbons (Fsp3) is 0.462. The number of carbonyl (C=O) groups excluding carboxylic acids is 1. The van der Waals surface area contributed by atoms with E-state index in [1.54, 1.807) is 13.8 Å². The van der Waals surface area contributed by atoms with E-state index in [1.165, 1.54) is 13.2 Å². The first-order chi connectivity index (χ1) is 8.27. The number of methoxy groups -OCH3 is 1. The summed E-state index contributed by atoms with van der Waals surface area (Å²) in [4.78, 5) is 11.5. The summed E-state index contributed by atoms with van der Waals surface area (Å²) in [6, 6.07) is 2.92. The van der Waals surface area contributed by atoms with Crippen LogP contribution >= 0.6 is 0 Å². The Morgan fingerprint density at radius 2 is 2.00 bits per heavy atom. The smallest absolute Gasteiger partial charge is 0.311 e. The predicted molar refractivity (Wildman–Crippen MR) is 63.7 cm³/mol. The molecule has 0 radical (unpaired) electrons. The molecular weight excluding hydrogens is 240 g/mol. The number of hydrogen-bond acceptors (Lipinski definition) is 3. The first-order valence-corrected chi connectivity index (χ1v) is 5.57. The second-order valence-corrected chi connectivity index (χ2v) is 4.86. The van der Waals surface area contributed by atoms with Crippen molar-refractivity contribution < 1.29 is 18.3 Å². The van der Waals surface area contributed by atoms with Crippen molar-refractivity contribution in [1.29, 1.82) is 0 Å². The van der Waals surface area contributed by atoms with Crippen molar-refractivity contribution in [2.75, 3.05) is 7.11 Å². The van der Waals surface area contributed by atoms with E-state index in [4.69, 9.17) is 5.73 Å². The highest BCUT2D eigenvalue weighted by Crippen LogP contribution is 2.30. The van der Waals surface area contributed by atoms with Crippen LogP contribution in [0.25, 0.3) is 0 Å². The first kappa shape index (κ1) is 14.6. The molecule has 0 aliphatic heterocycles. The molecule has 0 spiro atoms. The summed E-state index contributed by atoms with van der Waals surface area (Å²) >= 11 is 0. The second-order valence-electron chi connectivity index (χ2n) is 4.86. The van der Waals surface area contributed by atoms with E-state index in [1.807, 2.05) is 0 Å². The molecule has 5 heteroatoms. The lowest BCUT2D eigenvalue weighted by atomic mass is 9.84. The van der Waals surface area contributed by atoms with Gasteiger partial charge in [0.15, 0.2) is 11.6 Å². The molecule has 1 atom stereocenters. The van der Waals surface area contributed by atoms with Crippen LogP contribution in [-0.2, 0) is 9.53 Å².